The molecule has 1 heterocycles. The third kappa shape index (κ3) is 1.43. The van der Waals surface area contributed by atoms with E-state index in [1.807, 2.05) is 6.92 Å². The number of hydrogen-bond acceptors (Lipinski definition) is 2. The van der Waals surface area contributed by atoms with Gasteiger partial charge in [-0.3, -0.25) is 4.90 Å². The highest BCUT2D eigenvalue weighted by molar-refractivity contribution is 4.87. The summed E-state index contributed by atoms with van der Waals surface area (Å²) >= 11 is 0. The minimum atomic E-state index is -0.252. The van der Waals surface area contributed by atoms with Gasteiger partial charge in [-0.05, 0) is 12.3 Å². The lowest BCUT2D eigenvalue weighted by atomic mass is 9.84. The molecule has 0 aromatic heterocycles. The molecule has 0 unspecified atom stereocenters. The average molecular weight is 129 g/mol. The van der Waals surface area contributed by atoms with Gasteiger partial charge in [0, 0.05) is 13.1 Å². The van der Waals surface area contributed by atoms with Crippen molar-refractivity contribution in [2.75, 3.05) is 13.1 Å². The zero-order chi connectivity index (χ0) is 7.07. The van der Waals surface area contributed by atoms with E-state index < -0.39 is 0 Å². The van der Waals surface area contributed by atoms with Crippen molar-refractivity contribution in [2.45, 2.75) is 27.0 Å². The van der Waals surface area contributed by atoms with Crippen molar-refractivity contribution < 1.29 is 5.11 Å². The molecule has 0 spiro atoms. The van der Waals surface area contributed by atoms with Crippen molar-refractivity contribution in [3.63, 3.8) is 0 Å². The third-order valence-corrected chi connectivity index (χ3v) is 1.79. The van der Waals surface area contributed by atoms with Crippen LogP contribution in [0.5, 0.6) is 0 Å². The maximum absolute atomic E-state index is 9.03. The number of likely N-dealkylation sites (tertiary alicyclic amines) is 1. The quantitative estimate of drug-likeness (QED) is 0.562. The minimum Gasteiger partial charge on any atom is -0.379 e. The Bertz CT molecular complexity index is 101. The summed E-state index contributed by atoms with van der Waals surface area (Å²) in [4.78, 5) is 2.06. The van der Waals surface area contributed by atoms with Gasteiger partial charge in [-0.25, -0.2) is 0 Å². The van der Waals surface area contributed by atoms with Gasteiger partial charge in [0.05, 0.1) is 0 Å². The zero-order valence-corrected chi connectivity index (χ0v) is 6.39. The summed E-state index contributed by atoms with van der Waals surface area (Å²) in [6, 6.07) is 0. The van der Waals surface area contributed by atoms with Crippen LogP contribution in [0.25, 0.3) is 0 Å². The second-order valence-electron chi connectivity index (χ2n) is 3.70. The lowest BCUT2D eigenvalue weighted by Crippen LogP contribution is -2.56. The van der Waals surface area contributed by atoms with E-state index >= 15 is 0 Å². The Morgan fingerprint density at radius 2 is 1.89 bits per heavy atom. The predicted octanol–water partition coefficient (Wildman–Crippen LogP) is 0.666. The van der Waals surface area contributed by atoms with Gasteiger partial charge in [0.25, 0.3) is 0 Å². The first-order chi connectivity index (χ1) is 4.01. The van der Waals surface area contributed by atoms with Crippen LogP contribution >= 0.6 is 0 Å². The maximum atomic E-state index is 9.03. The lowest BCUT2D eigenvalue weighted by Gasteiger charge is -2.47. The summed E-state index contributed by atoms with van der Waals surface area (Å²) in [7, 11) is 0. The SMILES string of the molecule is C[C@H](O)N1CC(C)(C)C1. The second-order valence-corrected chi connectivity index (χ2v) is 3.70. The summed E-state index contributed by atoms with van der Waals surface area (Å²) in [5.41, 5.74) is 0.441. The van der Waals surface area contributed by atoms with Crippen LogP contribution in [0.4, 0.5) is 0 Å². The van der Waals surface area contributed by atoms with E-state index in [1.165, 1.54) is 0 Å². The molecule has 0 bridgehead atoms. The first-order valence-corrected chi connectivity index (χ1v) is 3.43. The first-order valence-electron chi connectivity index (χ1n) is 3.43. The molecule has 1 atom stereocenters. The summed E-state index contributed by atoms with van der Waals surface area (Å²) in [5.74, 6) is 0. The topological polar surface area (TPSA) is 23.5 Å². The summed E-state index contributed by atoms with van der Waals surface area (Å²) < 4.78 is 0. The average Bonchev–Trinajstić information content (AvgIpc) is 1.59. The Morgan fingerprint density at radius 1 is 1.44 bits per heavy atom. The van der Waals surface area contributed by atoms with Crippen LogP contribution in [0.1, 0.15) is 20.8 Å². The van der Waals surface area contributed by atoms with Gasteiger partial charge >= 0.3 is 0 Å². The molecule has 0 radical (unpaired) electrons. The highest BCUT2D eigenvalue weighted by atomic mass is 16.3. The van der Waals surface area contributed by atoms with Gasteiger partial charge in [-0.15, -0.1) is 0 Å². The van der Waals surface area contributed by atoms with Crippen molar-refractivity contribution >= 4 is 0 Å². The highest BCUT2D eigenvalue weighted by Gasteiger charge is 2.35. The molecule has 0 aliphatic carbocycles. The van der Waals surface area contributed by atoms with Gasteiger partial charge in [-0.1, -0.05) is 13.8 Å². The molecule has 0 aromatic rings. The van der Waals surface area contributed by atoms with E-state index in [9.17, 15) is 0 Å². The molecular formula is C7H15NO. The lowest BCUT2D eigenvalue weighted by molar-refractivity contribution is -0.0867. The Morgan fingerprint density at radius 3 is 2.00 bits per heavy atom. The smallest absolute Gasteiger partial charge is 0.104 e. The van der Waals surface area contributed by atoms with Crippen LogP contribution in [0, 0.1) is 5.41 Å². The molecule has 0 saturated carbocycles. The van der Waals surface area contributed by atoms with E-state index in [0.29, 0.717) is 5.41 Å². The summed E-state index contributed by atoms with van der Waals surface area (Å²) in [6.07, 6.45) is -0.252. The fourth-order valence-corrected chi connectivity index (χ4v) is 1.32. The van der Waals surface area contributed by atoms with Crippen molar-refractivity contribution in [1.29, 1.82) is 0 Å². The maximum Gasteiger partial charge on any atom is 0.104 e. The monoisotopic (exact) mass is 129 g/mol. The molecule has 1 aliphatic rings. The van der Waals surface area contributed by atoms with E-state index in [4.69, 9.17) is 5.11 Å². The van der Waals surface area contributed by atoms with Crippen LogP contribution in [-0.4, -0.2) is 29.3 Å². The van der Waals surface area contributed by atoms with E-state index in [2.05, 4.69) is 18.7 Å². The van der Waals surface area contributed by atoms with Gasteiger partial charge in [-0.2, -0.15) is 0 Å². The number of nitrogens with zero attached hydrogens (tertiary/aromatic N) is 1. The summed E-state index contributed by atoms with van der Waals surface area (Å²) in [5, 5.41) is 9.03. The molecule has 2 heteroatoms. The first kappa shape index (κ1) is 7.03. The normalized spacial score (nSPS) is 29.3. The third-order valence-electron chi connectivity index (χ3n) is 1.79. The number of aliphatic hydroxyl groups excluding tert-OH is 1. The van der Waals surface area contributed by atoms with Crippen molar-refractivity contribution in [3.05, 3.63) is 0 Å². The molecule has 0 aromatic carbocycles. The molecule has 1 rings (SSSR count). The molecule has 1 saturated heterocycles. The van der Waals surface area contributed by atoms with Crippen molar-refractivity contribution in [3.8, 4) is 0 Å². The van der Waals surface area contributed by atoms with E-state index in [0.717, 1.165) is 13.1 Å². The predicted molar refractivity (Wildman–Crippen MR) is 37.0 cm³/mol. The Labute approximate surface area is 56.5 Å². The molecular weight excluding hydrogens is 114 g/mol. The number of hydrogen-bond donors (Lipinski definition) is 1. The standard InChI is InChI=1S/C7H15NO/c1-6(9)8-4-7(2,3)5-8/h6,9H,4-5H2,1-3H3/t6-/m0/s1. The van der Waals surface area contributed by atoms with Crippen LogP contribution in [0.15, 0.2) is 0 Å². The van der Waals surface area contributed by atoms with Crippen LogP contribution in [0.3, 0.4) is 0 Å². The second kappa shape index (κ2) is 1.96. The summed E-state index contributed by atoms with van der Waals surface area (Å²) in [6.45, 7) is 8.31. The van der Waals surface area contributed by atoms with Gasteiger partial charge in [0.1, 0.15) is 6.23 Å². The fourth-order valence-electron chi connectivity index (χ4n) is 1.32. The number of rotatable bonds is 1. The van der Waals surface area contributed by atoms with Gasteiger partial charge in [0.2, 0.25) is 0 Å². The van der Waals surface area contributed by atoms with Gasteiger partial charge in [0.15, 0.2) is 0 Å². The van der Waals surface area contributed by atoms with Crippen LogP contribution in [-0.2, 0) is 0 Å². The van der Waals surface area contributed by atoms with Crippen LogP contribution in [0.2, 0.25) is 0 Å². The molecule has 2 nitrogen and oxygen atoms in total. The van der Waals surface area contributed by atoms with Gasteiger partial charge < -0.3 is 5.11 Å². The van der Waals surface area contributed by atoms with Crippen molar-refractivity contribution in [2.24, 2.45) is 5.41 Å². The molecule has 54 valence electrons. The highest BCUT2D eigenvalue weighted by Crippen LogP contribution is 2.29. The van der Waals surface area contributed by atoms with Crippen molar-refractivity contribution in [1.82, 2.24) is 4.90 Å². The fraction of sp³-hybridized carbons (Fsp3) is 1.00. The largest absolute Gasteiger partial charge is 0.379 e. The Hall–Kier alpha value is -0.0800. The van der Waals surface area contributed by atoms with E-state index in [1.54, 1.807) is 0 Å². The molecule has 1 N–H and O–H groups in total. The number of aliphatic hydroxyl groups is 1. The molecule has 0 amide bonds. The van der Waals surface area contributed by atoms with E-state index in [-0.39, 0.29) is 6.23 Å². The Kier molecular flexibility index (Phi) is 1.53. The molecule has 9 heavy (non-hydrogen) atoms. The molecule has 1 fully saturated rings. The Balaban J connectivity index is 2.27. The minimum absolute atomic E-state index is 0.252. The molecule has 1 aliphatic heterocycles. The zero-order valence-electron chi connectivity index (χ0n) is 6.39. The van der Waals surface area contributed by atoms with Crippen LogP contribution < -0.4 is 0 Å².